The molecule has 7 nitrogen and oxygen atoms in total. The molecule has 0 aliphatic rings. The van der Waals surface area contributed by atoms with Crippen LogP contribution in [0.5, 0.6) is 0 Å². The summed E-state index contributed by atoms with van der Waals surface area (Å²) < 4.78 is 10.0. The number of carbonyl (C=O) groups is 3. The van der Waals surface area contributed by atoms with E-state index in [1.807, 2.05) is 13.8 Å². The molecule has 0 aliphatic heterocycles. The van der Waals surface area contributed by atoms with Gasteiger partial charge in [0.15, 0.2) is 12.3 Å². The zero-order chi connectivity index (χ0) is 21.7. The average Bonchev–Trinajstić information content (AvgIpc) is 2.99. The number of hydrogen-bond acceptors (Lipinski definition) is 7. The highest BCUT2D eigenvalue weighted by molar-refractivity contribution is 7.16. The first-order valence-corrected chi connectivity index (χ1v) is 10.4. The predicted octanol–water partition coefficient (Wildman–Crippen LogP) is 4.95. The number of carbonyl (C=O) groups excluding carboxylic acids is 3. The summed E-state index contributed by atoms with van der Waals surface area (Å²) in [6.45, 7) is 5.04. The number of aryl methyl sites for hydroxylation is 1. The Morgan fingerprint density at radius 1 is 1.10 bits per heavy atom. The van der Waals surface area contributed by atoms with Crippen molar-refractivity contribution in [1.82, 2.24) is 4.98 Å². The van der Waals surface area contributed by atoms with E-state index in [2.05, 4.69) is 10.3 Å². The van der Waals surface area contributed by atoms with Crippen LogP contribution >= 0.6 is 46.1 Å². The summed E-state index contributed by atoms with van der Waals surface area (Å²) in [6.07, 6.45) is 1.75. The van der Waals surface area contributed by atoms with E-state index < -0.39 is 24.5 Å². The van der Waals surface area contributed by atoms with Crippen LogP contribution in [0.15, 0.2) is 6.20 Å². The van der Waals surface area contributed by atoms with Gasteiger partial charge < -0.3 is 14.8 Å². The minimum Gasteiger partial charge on any atom is -0.462 e. The van der Waals surface area contributed by atoms with Crippen molar-refractivity contribution in [2.24, 2.45) is 0 Å². The third kappa shape index (κ3) is 5.39. The fraction of sp³-hybridized carbons (Fsp3) is 0.333. The molecule has 2 aromatic heterocycles. The number of nitrogens with one attached hydrogen (secondary N) is 1. The third-order valence-electron chi connectivity index (χ3n) is 3.74. The van der Waals surface area contributed by atoms with Gasteiger partial charge >= 0.3 is 11.9 Å². The molecular formula is C18H17Cl3N2O5S. The van der Waals surface area contributed by atoms with Crippen molar-refractivity contribution in [3.05, 3.63) is 43.0 Å². The maximum absolute atomic E-state index is 12.3. The third-order valence-corrected chi connectivity index (χ3v) is 6.04. The van der Waals surface area contributed by atoms with E-state index in [1.54, 1.807) is 6.92 Å². The first-order chi connectivity index (χ1) is 13.7. The second-order valence-electron chi connectivity index (χ2n) is 5.62. The van der Waals surface area contributed by atoms with Crippen LogP contribution < -0.4 is 5.32 Å². The van der Waals surface area contributed by atoms with Crippen LogP contribution in [0.1, 0.15) is 45.1 Å². The van der Waals surface area contributed by atoms with Crippen LogP contribution in [0.3, 0.4) is 0 Å². The molecule has 2 rings (SSSR count). The lowest BCUT2D eigenvalue weighted by atomic mass is 10.1. The topological polar surface area (TPSA) is 94.6 Å². The number of ether oxygens (including phenoxy) is 2. The van der Waals surface area contributed by atoms with Gasteiger partial charge in [0.1, 0.15) is 5.00 Å². The lowest BCUT2D eigenvalue weighted by Crippen LogP contribution is -2.22. The van der Waals surface area contributed by atoms with Crippen molar-refractivity contribution in [2.75, 3.05) is 18.5 Å². The van der Waals surface area contributed by atoms with Crippen molar-refractivity contribution < 1.29 is 23.9 Å². The molecule has 0 fully saturated rings. The predicted molar refractivity (Wildman–Crippen MR) is 113 cm³/mol. The molecule has 0 unspecified atom stereocenters. The van der Waals surface area contributed by atoms with E-state index in [0.29, 0.717) is 17.0 Å². The summed E-state index contributed by atoms with van der Waals surface area (Å²) in [5.41, 5.74) is 0.847. The van der Waals surface area contributed by atoms with Crippen LogP contribution in [0, 0.1) is 6.92 Å². The fourth-order valence-electron chi connectivity index (χ4n) is 2.46. The zero-order valence-corrected chi connectivity index (χ0v) is 18.8. The molecule has 1 amide bonds. The van der Waals surface area contributed by atoms with E-state index in [-0.39, 0.29) is 27.4 Å². The highest BCUT2D eigenvalue weighted by Crippen LogP contribution is 2.34. The van der Waals surface area contributed by atoms with Gasteiger partial charge in [0.05, 0.1) is 27.2 Å². The number of amides is 1. The molecule has 0 spiro atoms. The van der Waals surface area contributed by atoms with Crippen LogP contribution in [0.25, 0.3) is 0 Å². The standard InChI is InChI=1S/C18H17Cl3N2O5S/c1-4-9-8(3)29-16(12(9)17(25)27-5-2)23-11(24)7-28-18(26)15-14(21)13(20)10(19)6-22-15/h6H,4-5,7H2,1-3H3,(H,23,24). The molecule has 156 valence electrons. The highest BCUT2D eigenvalue weighted by atomic mass is 35.5. The van der Waals surface area contributed by atoms with Gasteiger partial charge in [-0.05, 0) is 25.8 Å². The first-order valence-electron chi connectivity index (χ1n) is 8.46. The zero-order valence-electron chi connectivity index (χ0n) is 15.7. The summed E-state index contributed by atoms with van der Waals surface area (Å²) in [5.74, 6) is -2.09. The van der Waals surface area contributed by atoms with Gasteiger partial charge in [-0.25, -0.2) is 14.6 Å². The van der Waals surface area contributed by atoms with Gasteiger partial charge in [0.25, 0.3) is 5.91 Å². The molecule has 0 atom stereocenters. The molecule has 1 N–H and O–H groups in total. The van der Waals surface area contributed by atoms with Gasteiger partial charge in [-0.2, -0.15) is 0 Å². The number of esters is 2. The quantitative estimate of drug-likeness (QED) is 0.565. The molecule has 0 aliphatic carbocycles. The maximum atomic E-state index is 12.3. The van der Waals surface area contributed by atoms with E-state index in [1.165, 1.54) is 11.3 Å². The van der Waals surface area contributed by atoms with Crippen molar-refractivity contribution >= 4 is 69.0 Å². The first kappa shape index (κ1) is 23.4. The minimum absolute atomic E-state index is 0.0417. The number of anilines is 1. The van der Waals surface area contributed by atoms with Gasteiger partial charge in [-0.3, -0.25) is 4.79 Å². The van der Waals surface area contributed by atoms with E-state index in [0.717, 1.165) is 16.6 Å². The lowest BCUT2D eigenvalue weighted by Gasteiger charge is -2.09. The van der Waals surface area contributed by atoms with Gasteiger partial charge in [-0.15, -0.1) is 11.3 Å². The fourth-order valence-corrected chi connectivity index (χ4v) is 4.17. The Bertz CT molecular complexity index is 961. The number of thiophene rings is 1. The number of aromatic nitrogens is 1. The van der Waals surface area contributed by atoms with E-state index in [9.17, 15) is 14.4 Å². The second-order valence-corrected chi connectivity index (χ2v) is 8.01. The number of halogens is 3. The Hall–Kier alpha value is -1.87. The second kappa shape index (κ2) is 10.2. The molecule has 0 bridgehead atoms. The number of nitrogens with zero attached hydrogens (tertiary/aromatic N) is 1. The lowest BCUT2D eigenvalue weighted by molar-refractivity contribution is -0.119. The van der Waals surface area contributed by atoms with Gasteiger partial charge in [0.2, 0.25) is 0 Å². The number of rotatable bonds is 7. The summed E-state index contributed by atoms with van der Waals surface area (Å²) in [6, 6.07) is 0. The largest absolute Gasteiger partial charge is 0.462 e. The molecule has 0 radical (unpaired) electrons. The normalized spacial score (nSPS) is 10.6. The van der Waals surface area contributed by atoms with Crippen LogP contribution in [-0.2, 0) is 20.7 Å². The van der Waals surface area contributed by atoms with E-state index >= 15 is 0 Å². The monoisotopic (exact) mass is 478 g/mol. The molecule has 0 saturated carbocycles. The molecule has 11 heteroatoms. The highest BCUT2D eigenvalue weighted by Gasteiger charge is 2.24. The SMILES string of the molecule is CCOC(=O)c1c(NC(=O)COC(=O)c2ncc(Cl)c(Cl)c2Cl)sc(C)c1CC. The molecule has 0 aromatic carbocycles. The maximum Gasteiger partial charge on any atom is 0.359 e. The Morgan fingerprint density at radius 2 is 1.79 bits per heavy atom. The molecule has 0 saturated heterocycles. The summed E-state index contributed by atoms with van der Waals surface area (Å²) in [4.78, 5) is 41.3. The Morgan fingerprint density at radius 3 is 2.41 bits per heavy atom. The van der Waals surface area contributed by atoms with Crippen LogP contribution in [0.2, 0.25) is 15.1 Å². The number of hydrogen-bond donors (Lipinski definition) is 1. The minimum atomic E-state index is -0.939. The van der Waals surface area contributed by atoms with Gasteiger partial charge in [-0.1, -0.05) is 41.7 Å². The molecular weight excluding hydrogens is 463 g/mol. The molecule has 2 heterocycles. The van der Waals surface area contributed by atoms with Gasteiger partial charge in [0, 0.05) is 11.1 Å². The van der Waals surface area contributed by atoms with E-state index in [4.69, 9.17) is 44.3 Å². The van der Waals surface area contributed by atoms with Crippen molar-refractivity contribution in [2.45, 2.75) is 27.2 Å². The van der Waals surface area contributed by atoms with Crippen molar-refractivity contribution in [1.29, 1.82) is 0 Å². The summed E-state index contributed by atoms with van der Waals surface area (Å²) in [5, 5.41) is 2.79. The van der Waals surface area contributed by atoms with Crippen LogP contribution in [0.4, 0.5) is 5.00 Å². The summed E-state index contributed by atoms with van der Waals surface area (Å²) >= 11 is 18.8. The number of pyridine rings is 1. The molecule has 2 aromatic rings. The Labute approximate surface area is 186 Å². The Kier molecular flexibility index (Phi) is 8.27. The molecule has 29 heavy (non-hydrogen) atoms. The Balaban J connectivity index is 2.11. The summed E-state index contributed by atoms with van der Waals surface area (Å²) in [7, 11) is 0. The average molecular weight is 480 g/mol. The smallest absolute Gasteiger partial charge is 0.359 e. The van der Waals surface area contributed by atoms with Crippen molar-refractivity contribution in [3.8, 4) is 0 Å². The van der Waals surface area contributed by atoms with Crippen molar-refractivity contribution in [3.63, 3.8) is 0 Å². The van der Waals surface area contributed by atoms with Crippen LogP contribution in [-0.4, -0.2) is 36.0 Å².